The fourth-order valence-corrected chi connectivity index (χ4v) is 3.89. The summed E-state index contributed by atoms with van der Waals surface area (Å²) in [5, 5.41) is 12.1. The first-order valence-corrected chi connectivity index (χ1v) is 8.43. The van der Waals surface area contributed by atoms with Crippen LogP contribution in [0, 0.1) is 10.1 Å². The van der Waals surface area contributed by atoms with Crippen LogP contribution in [0.5, 0.6) is 0 Å². The van der Waals surface area contributed by atoms with Gasteiger partial charge in [-0.25, -0.2) is 0 Å². The van der Waals surface area contributed by atoms with Gasteiger partial charge in [-0.15, -0.1) is 0 Å². The summed E-state index contributed by atoms with van der Waals surface area (Å²) in [6.07, 6.45) is 0. The number of non-ortho nitro benzene ring substituents is 1. The summed E-state index contributed by atoms with van der Waals surface area (Å²) in [5.74, 6) is 1.10. The predicted octanol–water partition coefficient (Wildman–Crippen LogP) is 3.82. The zero-order valence-electron chi connectivity index (χ0n) is 11.0. The van der Waals surface area contributed by atoms with E-state index in [0.29, 0.717) is 16.6 Å². The minimum atomic E-state index is -0.339. The monoisotopic (exact) mass is 344 g/mol. The summed E-state index contributed by atoms with van der Waals surface area (Å²) < 4.78 is 0. The molecule has 1 heterocycles. The van der Waals surface area contributed by atoms with Crippen molar-refractivity contribution in [1.29, 1.82) is 0 Å². The van der Waals surface area contributed by atoms with Gasteiger partial charge >= 0.3 is 0 Å². The molecule has 0 spiro atoms. The molecule has 4 nitrogen and oxygen atoms in total. The third kappa shape index (κ3) is 3.05. The maximum Gasteiger partial charge on any atom is 0.269 e. The van der Waals surface area contributed by atoms with E-state index < -0.39 is 0 Å². The van der Waals surface area contributed by atoms with Crippen molar-refractivity contribution in [2.45, 2.75) is 30.5 Å². The molecule has 1 aliphatic heterocycles. The number of alkyl halides is 1. The molecular formula is C13H17BrN2O2S. The molecule has 0 N–H and O–H groups in total. The minimum absolute atomic E-state index is 0.158. The third-order valence-electron chi connectivity index (χ3n) is 3.61. The topological polar surface area (TPSA) is 46.4 Å². The summed E-state index contributed by atoms with van der Waals surface area (Å²) in [4.78, 5) is 12.9. The maximum atomic E-state index is 10.8. The van der Waals surface area contributed by atoms with E-state index in [-0.39, 0.29) is 10.6 Å². The third-order valence-corrected chi connectivity index (χ3v) is 5.55. The molecule has 0 aromatic heterocycles. The number of rotatable bonds is 3. The van der Waals surface area contributed by atoms with Crippen molar-refractivity contribution in [2.24, 2.45) is 0 Å². The van der Waals surface area contributed by atoms with E-state index in [1.165, 1.54) is 0 Å². The number of hydrogen-bond donors (Lipinski definition) is 0. The second kappa shape index (κ2) is 6.13. The van der Waals surface area contributed by atoms with Gasteiger partial charge in [0.2, 0.25) is 0 Å². The Bertz CT molecular complexity index is 484. The number of hydrogen-bond acceptors (Lipinski definition) is 4. The Labute approximate surface area is 125 Å². The van der Waals surface area contributed by atoms with Gasteiger partial charge in [-0.2, -0.15) is 11.8 Å². The molecule has 0 radical (unpaired) electrons. The van der Waals surface area contributed by atoms with Crippen molar-refractivity contribution >= 4 is 39.1 Å². The Morgan fingerprint density at radius 1 is 1.53 bits per heavy atom. The van der Waals surface area contributed by atoms with Crippen molar-refractivity contribution in [1.82, 2.24) is 0 Å². The average Bonchev–Trinajstić information content (AvgIpc) is 2.41. The van der Waals surface area contributed by atoms with E-state index in [0.717, 1.165) is 23.5 Å². The van der Waals surface area contributed by atoms with Crippen molar-refractivity contribution in [3.8, 4) is 0 Å². The molecule has 19 heavy (non-hydrogen) atoms. The number of benzene rings is 1. The van der Waals surface area contributed by atoms with E-state index in [4.69, 9.17) is 0 Å². The van der Waals surface area contributed by atoms with Gasteiger partial charge in [0.1, 0.15) is 0 Å². The molecule has 0 amide bonds. The molecule has 1 aromatic carbocycles. The number of nitrogens with zero attached hydrogens (tertiary/aromatic N) is 2. The lowest BCUT2D eigenvalue weighted by Crippen LogP contribution is -2.45. The second-order valence-corrected chi connectivity index (χ2v) is 6.76. The van der Waals surface area contributed by atoms with Crippen molar-refractivity contribution in [3.05, 3.63) is 33.9 Å². The first-order chi connectivity index (χ1) is 9.04. The van der Waals surface area contributed by atoms with Crippen LogP contribution < -0.4 is 4.90 Å². The summed E-state index contributed by atoms with van der Waals surface area (Å²) in [5.41, 5.74) is 2.26. The molecule has 6 heteroatoms. The highest BCUT2D eigenvalue weighted by Gasteiger charge is 2.27. The molecule has 2 unspecified atom stereocenters. The Kier molecular flexibility index (Phi) is 4.73. The zero-order chi connectivity index (χ0) is 14.0. The van der Waals surface area contributed by atoms with Gasteiger partial charge in [-0.1, -0.05) is 22.9 Å². The standard InChI is InChI=1S/C13H17BrN2O2S/c1-9-10(2)19-6-5-15(9)13-4-3-12(16(17)18)7-11(13)8-14/h3-4,7,9-10H,5-6,8H2,1-2H3. The van der Waals surface area contributed by atoms with Crippen LogP contribution in [0.4, 0.5) is 11.4 Å². The van der Waals surface area contributed by atoms with Gasteiger partial charge in [-0.05, 0) is 18.6 Å². The average molecular weight is 345 g/mol. The molecule has 0 saturated carbocycles. The molecule has 2 atom stereocenters. The highest BCUT2D eigenvalue weighted by Crippen LogP contribution is 2.33. The number of anilines is 1. The Morgan fingerprint density at radius 3 is 2.89 bits per heavy atom. The summed E-state index contributed by atoms with van der Waals surface area (Å²) in [6.45, 7) is 5.45. The normalized spacial score (nSPS) is 23.4. The molecule has 1 fully saturated rings. The van der Waals surface area contributed by atoms with Crippen LogP contribution in [-0.2, 0) is 5.33 Å². The van der Waals surface area contributed by atoms with Crippen molar-refractivity contribution in [3.63, 3.8) is 0 Å². The molecule has 1 aromatic rings. The number of halogens is 1. The van der Waals surface area contributed by atoms with E-state index in [1.807, 2.05) is 17.8 Å². The lowest BCUT2D eigenvalue weighted by Gasteiger charge is -2.40. The van der Waals surface area contributed by atoms with Gasteiger partial charge in [-0.3, -0.25) is 10.1 Å². The molecule has 1 saturated heterocycles. The van der Waals surface area contributed by atoms with Crippen LogP contribution in [0.1, 0.15) is 19.4 Å². The molecule has 0 aliphatic carbocycles. The van der Waals surface area contributed by atoms with Gasteiger partial charge in [0.05, 0.1) is 4.92 Å². The first kappa shape index (κ1) is 14.7. The van der Waals surface area contributed by atoms with Crippen LogP contribution in [0.2, 0.25) is 0 Å². The van der Waals surface area contributed by atoms with Gasteiger partial charge in [0.25, 0.3) is 5.69 Å². The predicted molar refractivity (Wildman–Crippen MR) is 84.5 cm³/mol. The van der Waals surface area contributed by atoms with Crippen LogP contribution in [0.25, 0.3) is 0 Å². The Balaban J connectivity index is 2.35. The lowest BCUT2D eigenvalue weighted by atomic mass is 10.1. The lowest BCUT2D eigenvalue weighted by molar-refractivity contribution is -0.384. The largest absolute Gasteiger partial charge is 0.367 e. The van der Waals surface area contributed by atoms with Crippen molar-refractivity contribution in [2.75, 3.05) is 17.2 Å². The van der Waals surface area contributed by atoms with Crippen LogP contribution in [0.3, 0.4) is 0 Å². The highest BCUT2D eigenvalue weighted by molar-refractivity contribution is 9.08. The number of thioether (sulfide) groups is 1. The quantitative estimate of drug-likeness (QED) is 0.475. The molecule has 2 rings (SSSR count). The fourth-order valence-electron chi connectivity index (χ4n) is 2.35. The summed E-state index contributed by atoms with van der Waals surface area (Å²) in [7, 11) is 0. The summed E-state index contributed by atoms with van der Waals surface area (Å²) >= 11 is 5.42. The Morgan fingerprint density at radius 2 is 2.26 bits per heavy atom. The van der Waals surface area contributed by atoms with E-state index in [1.54, 1.807) is 12.1 Å². The minimum Gasteiger partial charge on any atom is -0.367 e. The highest BCUT2D eigenvalue weighted by atomic mass is 79.9. The van der Waals surface area contributed by atoms with E-state index in [9.17, 15) is 10.1 Å². The van der Waals surface area contributed by atoms with Crippen LogP contribution in [0.15, 0.2) is 18.2 Å². The zero-order valence-corrected chi connectivity index (χ0v) is 13.4. The summed E-state index contributed by atoms with van der Waals surface area (Å²) in [6, 6.07) is 5.59. The number of nitro benzene ring substituents is 1. The van der Waals surface area contributed by atoms with E-state index >= 15 is 0 Å². The second-order valence-electron chi connectivity index (χ2n) is 4.71. The van der Waals surface area contributed by atoms with Gasteiger partial charge < -0.3 is 4.90 Å². The maximum absolute atomic E-state index is 10.8. The molecule has 1 aliphatic rings. The Hall–Kier alpha value is -0.750. The SMILES string of the molecule is CC1SCCN(c2ccc([N+](=O)[O-])cc2CBr)C1C. The van der Waals surface area contributed by atoms with Gasteiger partial charge in [0, 0.05) is 46.7 Å². The van der Waals surface area contributed by atoms with E-state index in [2.05, 4.69) is 34.7 Å². The van der Waals surface area contributed by atoms with Gasteiger partial charge in [0.15, 0.2) is 0 Å². The smallest absolute Gasteiger partial charge is 0.269 e. The molecule has 0 bridgehead atoms. The fraction of sp³-hybridized carbons (Fsp3) is 0.538. The first-order valence-electron chi connectivity index (χ1n) is 6.26. The molecule has 104 valence electrons. The number of nitro groups is 1. The van der Waals surface area contributed by atoms with Crippen molar-refractivity contribution < 1.29 is 4.92 Å². The molecular weight excluding hydrogens is 328 g/mol. The van der Waals surface area contributed by atoms with Crippen LogP contribution in [-0.4, -0.2) is 28.5 Å². The van der Waals surface area contributed by atoms with Crippen LogP contribution >= 0.6 is 27.7 Å².